The summed E-state index contributed by atoms with van der Waals surface area (Å²) in [4.78, 5) is 23.8. The van der Waals surface area contributed by atoms with Crippen LogP contribution in [0.5, 0.6) is 5.75 Å². The highest BCUT2D eigenvalue weighted by molar-refractivity contribution is 7.92. The van der Waals surface area contributed by atoms with Crippen molar-refractivity contribution in [2.45, 2.75) is 37.3 Å². The molecule has 0 saturated heterocycles. The number of sulfone groups is 1. The van der Waals surface area contributed by atoms with Crippen LogP contribution < -0.4 is 15.4 Å². The zero-order valence-electron chi connectivity index (χ0n) is 16.2. The van der Waals surface area contributed by atoms with Gasteiger partial charge in [0.2, 0.25) is 5.91 Å². The number of carbonyl (C=O) groups excluding carboxylic acids is 2. The van der Waals surface area contributed by atoms with Gasteiger partial charge in [0.15, 0.2) is 16.4 Å². The highest BCUT2D eigenvalue weighted by atomic mass is 32.2. The number of benzene rings is 2. The van der Waals surface area contributed by atoms with Crippen molar-refractivity contribution < 1.29 is 27.1 Å². The summed E-state index contributed by atoms with van der Waals surface area (Å²) in [5.74, 6) is -0.950. The van der Waals surface area contributed by atoms with Gasteiger partial charge in [-0.25, -0.2) is 12.8 Å². The Hall–Kier alpha value is -2.94. The molecule has 0 bridgehead atoms. The summed E-state index contributed by atoms with van der Waals surface area (Å²) >= 11 is 0. The summed E-state index contributed by atoms with van der Waals surface area (Å²) in [6.07, 6.45) is -0.271. The molecule has 2 N–H and O–H groups in total. The van der Waals surface area contributed by atoms with Crippen LogP contribution in [0.2, 0.25) is 0 Å². The second-order valence-corrected chi connectivity index (χ2v) is 9.35. The third-order valence-corrected chi connectivity index (χ3v) is 6.96. The van der Waals surface area contributed by atoms with E-state index in [9.17, 15) is 22.4 Å². The number of fused-ring (bicyclic) bond motifs is 1. The Morgan fingerprint density at radius 1 is 1.24 bits per heavy atom. The molecule has 1 aliphatic heterocycles. The zero-order valence-corrected chi connectivity index (χ0v) is 17.0. The van der Waals surface area contributed by atoms with Crippen molar-refractivity contribution in [3.8, 4) is 5.75 Å². The van der Waals surface area contributed by atoms with Gasteiger partial charge in [0.25, 0.3) is 5.91 Å². The van der Waals surface area contributed by atoms with E-state index in [-0.39, 0.29) is 29.6 Å². The molecule has 0 saturated carbocycles. The molecule has 0 aliphatic carbocycles. The number of ether oxygens (including phenoxy) is 1. The molecule has 2 aromatic carbocycles. The fraction of sp³-hybridized carbons (Fsp3) is 0.300. The summed E-state index contributed by atoms with van der Waals surface area (Å²) < 4.78 is 44.6. The van der Waals surface area contributed by atoms with E-state index in [0.29, 0.717) is 22.5 Å². The van der Waals surface area contributed by atoms with Crippen LogP contribution in [0.3, 0.4) is 0 Å². The van der Waals surface area contributed by atoms with Gasteiger partial charge in [-0.1, -0.05) is 0 Å². The second-order valence-electron chi connectivity index (χ2n) is 7.02. The number of hydrogen-bond acceptors (Lipinski definition) is 5. The van der Waals surface area contributed by atoms with E-state index in [1.807, 2.05) is 0 Å². The third-order valence-electron chi connectivity index (χ3n) is 4.68. The third kappa shape index (κ3) is 4.40. The first-order valence-electron chi connectivity index (χ1n) is 8.95. The minimum atomic E-state index is -3.83. The molecule has 1 aliphatic rings. The maximum atomic E-state index is 13.2. The summed E-state index contributed by atoms with van der Waals surface area (Å²) in [6, 6.07) is 6.84. The van der Waals surface area contributed by atoms with E-state index in [4.69, 9.17) is 4.74 Å². The molecule has 2 amide bonds. The van der Waals surface area contributed by atoms with Gasteiger partial charge < -0.3 is 15.4 Å². The molecule has 7 nitrogen and oxygen atoms in total. The molecule has 29 heavy (non-hydrogen) atoms. The van der Waals surface area contributed by atoms with Crippen LogP contribution in [0.15, 0.2) is 35.2 Å². The lowest BCUT2D eigenvalue weighted by Gasteiger charge is -2.21. The second kappa shape index (κ2) is 7.82. The predicted molar refractivity (Wildman–Crippen MR) is 106 cm³/mol. The van der Waals surface area contributed by atoms with Crippen molar-refractivity contribution in [3.05, 3.63) is 47.3 Å². The molecular weight excluding hydrogens is 399 g/mol. The first kappa shape index (κ1) is 20.8. The molecule has 1 heterocycles. The molecule has 0 fully saturated rings. The smallest absolute Gasteiger partial charge is 0.262 e. The van der Waals surface area contributed by atoms with Gasteiger partial charge in [0.1, 0.15) is 11.6 Å². The number of carbonyl (C=O) groups is 2. The van der Waals surface area contributed by atoms with E-state index >= 15 is 0 Å². The lowest BCUT2D eigenvalue weighted by molar-refractivity contribution is -0.118. The van der Waals surface area contributed by atoms with Gasteiger partial charge in [-0.15, -0.1) is 0 Å². The number of hydrogen-bond donors (Lipinski definition) is 2. The van der Waals surface area contributed by atoms with Crippen LogP contribution in [0.25, 0.3) is 0 Å². The molecule has 0 spiro atoms. The molecule has 0 unspecified atom stereocenters. The van der Waals surface area contributed by atoms with Crippen molar-refractivity contribution in [2.75, 3.05) is 17.2 Å². The van der Waals surface area contributed by atoms with Gasteiger partial charge in [0, 0.05) is 18.2 Å². The number of anilines is 2. The van der Waals surface area contributed by atoms with Crippen LogP contribution in [0.1, 0.15) is 24.5 Å². The molecule has 3 rings (SSSR count). The fourth-order valence-electron chi connectivity index (χ4n) is 3.08. The Morgan fingerprint density at radius 2 is 1.97 bits per heavy atom. The topological polar surface area (TPSA) is 102 Å². The maximum Gasteiger partial charge on any atom is 0.262 e. The molecular formula is C20H21FN2O5S. The van der Waals surface area contributed by atoms with E-state index < -0.39 is 26.8 Å². The maximum absolute atomic E-state index is 13.2. The molecule has 9 heteroatoms. The summed E-state index contributed by atoms with van der Waals surface area (Å²) in [6.45, 7) is 4.52. The Morgan fingerprint density at radius 3 is 2.66 bits per heavy atom. The standard InChI is InChI=1S/C20H21FN2O5S/c1-11-6-14(21)4-5-15(11)22-19(24)8-13(3)29(26,27)18-9-17-16(7-12(18)2)23-20(25)10-28-17/h4-7,9,13H,8,10H2,1-3H3,(H,22,24)(H,23,25)/t13-/m1/s1. The van der Waals surface area contributed by atoms with Gasteiger partial charge in [-0.2, -0.15) is 0 Å². The van der Waals surface area contributed by atoms with Crippen molar-refractivity contribution in [2.24, 2.45) is 0 Å². The van der Waals surface area contributed by atoms with Crippen molar-refractivity contribution >= 4 is 33.0 Å². The van der Waals surface area contributed by atoms with Gasteiger partial charge in [-0.05, 0) is 56.2 Å². The zero-order chi connectivity index (χ0) is 21.3. The van der Waals surface area contributed by atoms with Gasteiger partial charge >= 0.3 is 0 Å². The summed E-state index contributed by atoms with van der Waals surface area (Å²) in [7, 11) is -3.83. The van der Waals surface area contributed by atoms with Crippen molar-refractivity contribution in [1.29, 1.82) is 0 Å². The Balaban J connectivity index is 1.78. The largest absolute Gasteiger partial charge is 0.482 e. The quantitative estimate of drug-likeness (QED) is 0.774. The lowest BCUT2D eigenvalue weighted by atomic mass is 10.2. The van der Waals surface area contributed by atoms with Crippen LogP contribution in [0.4, 0.5) is 15.8 Å². The average Bonchev–Trinajstić information content (AvgIpc) is 2.63. The minimum Gasteiger partial charge on any atom is -0.482 e. The minimum absolute atomic E-state index is 0.0469. The Kier molecular flexibility index (Phi) is 5.61. The number of nitrogens with one attached hydrogen (secondary N) is 2. The van der Waals surface area contributed by atoms with Crippen LogP contribution in [-0.4, -0.2) is 32.1 Å². The summed E-state index contributed by atoms with van der Waals surface area (Å²) in [5, 5.41) is 4.25. The van der Waals surface area contributed by atoms with Crippen LogP contribution in [-0.2, 0) is 19.4 Å². The van der Waals surface area contributed by atoms with E-state index in [1.54, 1.807) is 13.8 Å². The lowest BCUT2D eigenvalue weighted by Crippen LogP contribution is -2.27. The first-order valence-corrected chi connectivity index (χ1v) is 10.5. The monoisotopic (exact) mass is 420 g/mol. The van der Waals surface area contributed by atoms with Crippen molar-refractivity contribution in [3.63, 3.8) is 0 Å². The van der Waals surface area contributed by atoms with E-state index in [1.165, 1.54) is 37.3 Å². The van der Waals surface area contributed by atoms with Crippen molar-refractivity contribution in [1.82, 2.24) is 0 Å². The number of rotatable bonds is 5. The van der Waals surface area contributed by atoms with Gasteiger partial charge in [0.05, 0.1) is 15.8 Å². The van der Waals surface area contributed by atoms with Crippen LogP contribution >= 0.6 is 0 Å². The number of aryl methyl sites for hydroxylation is 2. The molecule has 0 radical (unpaired) electrons. The summed E-state index contributed by atoms with van der Waals surface area (Å²) in [5.41, 5.74) is 1.82. The average molecular weight is 420 g/mol. The highest BCUT2D eigenvalue weighted by Gasteiger charge is 2.29. The normalized spacial score (nSPS) is 14.4. The molecule has 0 aromatic heterocycles. The van der Waals surface area contributed by atoms with E-state index in [2.05, 4.69) is 10.6 Å². The highest BCUT2D eigenvalue weighted by Crippen LogP contribution is 2.34. The number of amides is 2. The predicted octanol–water partition coefficient (Wildman–Crippen LogP) is 2.96. The first-order chi connectivity index (χ1) is 13.6. The number of halogens is 1. The van der Waals surface area contributed by atoms with E-state index in [0.717, 1.165) is 0 Å². The van der Waals surface area contributed by atoms with Crippen LogP contribution in [0, 0.1) is 19.7 Å². The molecule has 154 valence electrons. The molecule has 2 aromatic rings. The SMILES string of the molecule is Cc1cc(F)ccc1NC(=O)C[C@@H](C)S(=O)(=O)c1cc2c(cc1C)NC(=O)CO2. The fourth-order valence-corrected chi connectivity index (χ4v) is 4.66. The Labute approximate surface area is 168 Å². The van der Waals surface area contributed by atoms with Gasteiger partial charge in [-0.3, -0.25) is 9.59 Å². The molecule has 1 atom stereocenters. The Bertz CT molecular complexity index is 1100.